The van der Waals surface area contributed by atoms with Crippen LogP contribution in [-0.4, -0.2) is 18.3 Å². The molecule has 4 heteroatoms. The number of rotatable bonds is 7. The van der Waals surface area contributed by atoms with Crippen molar-refractivity contribution in [3.8, 4) is 5.75 Å². The standard InChI is InChI=1S/C13H20FNO2/c1-10(15)12-9-11(14)5-6-13(12)17-8-4-2-3-7-16/h5-6,9-10,16H,2-4,7-8,15H2,1H3/t10-/m0/s1. The lowest BCUT2D eigenvalue weighted by Gasteiger charge is -2.14. The summed E-state index contributed by atoms with van der Waals surface area (Å²) in [5.41, 5.74) is 6.44. The fourth-order valence-electron chi connectivity index (χ4n) is 1.58. The molecule has 0 saturated carbocycles. The summed E-state index contributed by atoms with van der Waals surface area (Å²) in [4.78, 5) is 0. The van der Waals surface area contributed by atoms with Crippen LogP contribution in [0.25, 0.3) is 0 Å². The first-order valence-corrected chi connectivity index (χ1v) is 5.94. The van der Waals surface area contributed by atoms with Gasteiger partial charge in [-0.15, -0.1) is 0 Å². The van der Waals surface area contributed by atoms with Gasteiger partial charge in [0.2, 0.25) is 0 Å². The number of hydrogen-bond donors (Lipinski definition) is 2. The molecule has 0 fully saturated rings. The molecule has 3 nitrogen and oxygen atoms in total. The predicted molar refractivity (Wildman–Crippen MR) is 65.4 cm³/mol. The van der Waals surface area contributed by atoms with Crippen molar-refractivity contribution in [2.75, 3.05) is 13.2 Å². The van der Waals surface area contributed by atoms with E-state index < -0.39 is 0 Å². The number of aliphatic hydroxyl groups excluding tert-OH is 1. The molecule has 0 amide bonds. The minimum absolute atomic E-state index is 0.210. The average molecular weight is 241 g/mol. The largest absolute Gasteiger partial charge is 0.493 e. The Morgan fingerprint density at radius 3 is 2.76 bits per heavy atom. The lowest BCUT2D eigenvalue weighted by atomic mass is 10.1. The molecule has 0 aliphatic rings. The summed E-state index contributed by atoms with van der Waals surface area (Å²) >= 11 is 0. The minimum Gasteiger partial charge on any atom is -0.493 e. The molecule has 0 unspecified atom stereocenters. The lowest BCUT2D eigenvalue weighted by Crippen LogP contribution is -2.09. The summed E-state index contributed by atoms with van der Waals surface area (Å²) in [6, 6.07) is 4.14. The molecule has 1 atom stereocenters. The number of halogens is 1. The summed E-state index contributed by atoms with van der Waals surface area (Å²) in [6.07, 6.45) is 2.58. The molecule has 0 aromatic heterocycles. The number of benzene rings is 1. The van der Waals surface area contributed by atoms with E-state index in [9.17, 15) is 4.39 Å². The van der Waals surface area contributed by atoms with Crippen LogP contribution in [0.15, 0.2) is 18.2 Å². The molecular formula is C13H20FNO2. The SMILES string of the molecule is C[C@H](N)c1cc(F)ccc1OCCCCCO. The Hall–Kier alpha value is -1.13. The first-order chi connectivity index (χ1) is 8.15. The minimum atomic E-state index is -0.301. The van der Waals surface area contributed by atoms with Gasteiger partial charge in [0, 0.05) is 18.2 Å². The third-order valence-electron chi connectivity index (χ3n) is 2.52. The summed E-state index contributed by atoms with van der Waals surface area (Å²) in [5.74, 6) is 0.343. The van der Waals surface area contributed by atoms with E-state index in [1.165, 1.54) is 12.1 Å². The summed E-state index contributed by atoms with van der Waals surface area (Å²) < 4.78 is 18.6. The Morgan fingerprint density at radius 1 is 1.35 bits per heavy atom. The van der Waals surface area contributed by atoms with Crippen molar-refractivity contribution in [2.24, 2.45) is 5.73 Å². The molecule has 96 valence electrons. The van der Waals surface area contributed by atoms with Gasteiger partial charge >= 0.3 is 0 Å². The average Bonchev–Trinajstić information content (AvgIpc) is 2.30. The highest BCUT2D eigenvalue weighted by Crippen LogP contribution is 2.24. The van der Waals surface area contributed by atoms with E-state index >= 15 is 0 Å². The Bertz CT molecular complexity index is 342. The first-order valence-electron chi connectivity index (χ1n) is 5.94. The van der Waals surface area contributed by atoms with Crippen LogP contribution < -0.4 is 10.5 Å². The molecule has 0 spiro atoms. The van der Waals surface area contributed by atoms with Crippen LogP contribution in [0.3, 0.4) is 0 Å². The van der Waals surface area contributed by atoms with Crippen LogP contribution in [0.1, 0.15) is 37.8 Å². The highest BCUT2D eigenvalue weighted by atomic mass is 19.1. The number of ether oxygens (including phenoxy) is 1. The lowest BCUT2D eigenvalue weighted by molar-refractivity contribution is 0.265. The van der Waals surface area contributed by atoms with Crippen molar-refractivity contribution in [3.63, 3.8) is 0 Å². The van der Waals surface area contributed by atoms with E-state index in [0.29, 0.717) is 17.9 Å². The maximum Gasteiger partial charge on any atom is 0.124 e. The van der Waals surface area contributed by atoms with Gasteiger partial charge in [0.1, 0.15) is 11.6 Å². The van der Waals surface area contributed by atoms with Gasteiger partial charge in [-0.25, -0.2) is 4.39 Å². The topological polar surface area (TPSA) is 55.5 Å². The Balaban J connectivity index is 2.52. The van der Waals surface area contributed by atoms with E-state index in [1.54, 1.807) is 13.0 Å². The number of nitrogens with two attached hydrogens (primary N) is 1. The molecule has 0 radical (unpaired) electrons. The second kappa shape index (κ2) is 7.25. The van der Waals surface area contributed by atoms with Gasteiger partial charge in [-0.2, -0.15) is 0 Å². The Labute approximate surface area is 101 Å². The summed E-state index contributed by atoms with van der Waals surface area (Å²) in [5, 5.41) is 8.63. The maximum absolute atomic E-state index is 13.1. The van der Waals surface area contributed by atoms with Gasteiger partial charge in [-0.1, -0.05) is 0 Å². The smallest absolute Gasteiger partial charge is 0.124 e. The number of aliphatic hydroxyl groups is 1. The van der Waals surface area contributed by atoms with E-state index in [0.717, 1.165) is 19.3 Å². The summed E-state index contributed by atoms with van der Waals surface area (Å²) in [6.45, 7) is 2.57. The van der Waals surface area contributed by atoms with Gasteiger partial charge in [-0.3, -0.25) is 0 Å². The molecule has 0 heterocycles. The molecule has 1 aromatic rings. The zero-order chi connectivity index (χ0) is 12.7. The van der Waals surface area contributed by atoms with Crippen LogP contribution in [0.5, 0.6) is 5.75 Å². The fraction of sp³-hybridized carbons (Fsp3) is 0.538. The van der Waals surface area contributed by atoms with Crippen LogP contribution in [0.2, 0.25) is 0 Å². The van der Waals surface area contributed by atoms with E-state index in [2.05, 4.69) is 0 Å². The van der Waals surface area contributed by atoms with E-state index in [1.807, 2.05) is 0 Å². The third kappa shape index (κ3) is 4.71. The van der Waals surface area contributed by atoms with Crippen molar-refractivity contribution in [3.05, 3.63) is 29.6 Å². The fourth-order valence-corrected chi connectivity index (χ4v) is 1.58. The third-order valence-corrected chi connectivity index (χ3v) is 2.52. The second-order valence-electron chi connectivity index (χ2n) is 4.10. The normalized spacial score (nSPS) is 12.5. The predicted octanol–water partition coefficient (Wildman–Crippen LogP) is 2.39. The molecule has 0 aliphatic heterocycles. The first kappa shape index (κ1) is 13.9. The van der Waals surface area contributed by atoms with E-state index in [-0.39, 0.29) is 18.5 Å². The molecule has 0 saturated heterocycles. The second-order valence-corrected chi connectivity index (χ2v) is 4.10. The van der Waals surface area contributed by atoms with Crippen LogP contribution in [0, 0.1) is 5.82 Å². The number of unbranched alkanes of at least 4 members (excludes halogenated alkanes) is 2. The Kier molecular flexibility index (Phi) is 5.94. The number of hydrogen-bond acceptors (Lipinski definition) is 3. The molecule has 17 heavy (non-hydrogen) atoms. The van der Waals surface area contributed by atoms with Crippen LogP contribution in [-0.2, 0) is 0 Å². The zero-order valence-corrected chi connectivity index (χ0v) is 10.2. The Morgan fingerprint density at radius 2 is 2.12 bits per heavy atom. The summed E-state index contributed by atoms with van der Waals surface area (Å²) in [7, 11) is 0. The molecular weight excluding hydrogens is 221 g/mol. The van der Waals surface area contributed by atoms with Crippen molar-refractivity contribution < 1.29 is 14.2 Å². The molecule has 3 N–H and O–H groups in total. The van der Waals surface area contributed by atoms with Crippen molar-refractivity contribution in [1.82, 2.24) is 0 Å². The van der Waals surface area contributed by atoms with Crippen LogP contribution in [0.4, 0.5) is 4.39 Å². The van der Waals surface area contributed by atoms with Crippen molar-refractivity contribution in [2.45, 2.75) is 32.2 Å². The van der Waals surface area contributed by atoms with Gasteiger partial charge in [0.25, 0.3) is 0 Å². The zero-order valence-electron chi connectivity index (χ0n) is 10.2. The van der Waals surface area contributed by atoms with Gasteiger partial charge < -0.3 is 15.6 Å². The molecule has 0 bridgehead atoms. The maximum atomic E-state index is 13.1. The molecule has 1 rings (SSSR count). The van der Waals surface area contributed by atoms with E-state index in [4.69, 9.17) is 15.6 Å². The van der Waals surface area contributed by atoms with Gasteiger partial charge in [0.05, 0.1) is 6.61 Å². The van der Waals surface area contributed by atoms with Gasteiger partial charge in [-0.05, 0) is 44.4 Å². The van der Waals surface area contributed by atoms with Crippen molar-refractivity contribution >= 4 is 0 Å². The van der Waals surface area contributed by atoms with Gasteiger partial charge in [0.15, 0.2) is 0 Å². The van der Waals surface area contributed by atoms with Crippen LogP contribution >= 0.6 is 0 Å². The quantitative estimate of drug-likeness (QED) is 0.721. The molecule has 0 aliphatic carbocycles. The van der Waals surface area contributed by atoms with Crippen molar-refractivity contribution in [1.29, 1.82) is 0 Å². The molecule has 1 aromatic carbocycles. The highest BCUT2D eigenvalue weighted by molar-refractivity contribution is 5.36. The highest BCUT2D eigenvalue weighted by Gasteiger charge is 2.09. The monoisotopic (exact) mass is 241 g/mol.